The maximum Gasteiger partial charge on any atom is 0.0572 e. The summed E-state index contributed by atoms with van der Waals surface area (Å²) in [7, 11) is 1.64. The molecule has 0 aliphatic rings. The van der Waals surface area contributed by atoms with Crippen molar-refractivity contribution < 1.29 is 4.84 Å². The molecule has 1 N–H and O–H groups in total. The first kappa shape index (κ1) is 10.2. The van der Waals surface area contributed by atoms with Crippen LogP contribution in [0.5, 0.6) is 0 Å². The number of hydrogen-bond donors (Lipinski definition) is 1. The molecule has 1 aromatic carbocycles. The van der Waals surface area contributed by atoms with Gasteiger partial charge in [0.15, 0.2) is 0 Å². The van der Waals surface area contributed by atoms with Gasteiger partial charge in [0.2, 0.25) is 0 Å². The second-order valence-corrected chi connectivity index (χ2v) is 3.40. The molecule has 0 amide bonds. The summed E-state index contributed by atoms with van der Waals surface area (Å²) >= 11 is 0. The van der Waals surface area contributed by atoms with Gasteiger partial charge in [0.05, 0.1) is 7.11 Å². The quantitative estimate of drug-likeness (QED) is 0.719. The third-order valence-electron chi connectivity index (χ3n) is 2.23. The van der Waals surface area contributed by atoms with Crippen molar-refractivity contribution >= 4 is 0 Å². The first-order valence-electron chi connectivity index (χ1n) is 4.47. The molecule has 0 fully saturated rings. The van der Waals surface area contributed by atoms with Gasteiger partial charge in [-0.3, -0.25) is 0 Å². The van der Waals surface area contributed by atoms with Crippen LogP contribution in [-0.4, -0.2) is 7.11 Å². The summed E-state index contributed by atoms with van der Waals surface area (Å²) in [6.45, 7) is 7.15. The van der Waals surface area contributed by atoms with Crippen LogP contribution in [0, 0.1) is 20.8 Å². The summed E-state index contributed by atoms with van der Waals surface area (Å²) in [6.07, 6.45) is 0. The average Bonchev–Trinajstić information content (AvgIpc) is 2.02. The molecule has 72 valence electrons. The molecule has 0 spiro atoms. The molecule has 1 rings (SSSR count). The molecule has 0 aliphatic heterocycles. The van der Waals surface area contributed by atoms with Crippen molar-refractivity contribution in [2.75, 3.05) is 7.11 Å². The van der Waals surface area contributed by atoms with Crippen molar-refractivity contribution in [3.8, 4) is 0 Å². The Bertz CT molecular complexity index is 271. The average molecular weight is 179 g/mol. The van der Waals surface area contributed by atoms with Crippen LogP contribution in [0.2, 0.25) is 0 Å². The molecule has 0 saturated heterocycles. The van der Waals surface area contributed by atoms with E-state index < -0.39 is 0 Å². The highest BCUT2D eigenvalue weighted by molar-refractivity contribution is 5.37. The Hall–Kier alpha value is -0.860. The van der Waals surface area contributed by atoms with Crippen LogP contribution in [0.3, 0.4) is 0 Å². The minimum absolute atomic E-state index is 0.772. The summed E-state index contributed by atoms with van der Waals surface area (Å²) in [5, 5.41) is 0. The van der Waals surface area contributed by atoms with Crippen molar-refractivity contribution in [3.05, 3.63) is 34.4 Å². The van der Waals surface area contributed by atoms with E-state index in [1.54, 1.807) is 7.11 Å². The lowest BCUT2D eigenvalue weighted by molar-refractivity contribution is 0.0864. The van der Waals surface area contributed by atoms with E-state index in [9.17, 15) is 0 Å². The molecule has 0 heterocycles. The minimum Gasteiger partial charge on any atom is -0.305 e. The first-order valence-corrected chi connectivity index (χ1v) is 4.47. The van der Waals surface area contributed by atoms with Crippen molar-refractivity contribution in [1.82, 2.24) is 5.48 Å². The van der Waals surface area contributed by atoms with Gasteiger partial charge in [0.1, 0.15) is 0 Å². The zero-order valence-electron chi connectivity index (χ0n) is 8.77. The highest BCUT2D eigenvalue weighted by atomic mass is 16.6. The Labute approximate surface area is 79.9 Å². The van der Waals surface area contributed by atoms with Gasteiger partial charge in [0.25, 0.3) is 0 Å². The second kappa shape index (κ2) is 4.40. The standard InChI is InChI=1S/C11H17NO/c1-8-5-9(2)11(7-12-13-4)10(3)6-8/h5-6,12H,7H2,1-4H3. The largest absolute Gasteiger partial charge is 0.305 e. The van der Waals surface area contributed by atoms with E-state index in [2.05, 4.69) is 38.4 Å². The fraction of sp³-hybridized carbons (Fsp3) is 0.455. The van der Waals surface area contributed by atoms with E-state index in [-0.39, 0.29) is 0 Å². The topological polar surface area (TPSA) is 21.3 Å². The molecule has 0 bridgehead atoms. The SMILES string of the molecule is CONCc1c(C)cc(C)cc1C. The Balaban J connectivity index is 2.92. The lowest BCUT2D eigenvalue weighted by Crippen LogP contribution is -2.13. The summed E-state index contributed by atoms with van der Waals surface area (Å²) in [5.41, 5.74) is 8.15. The molecule has 2 heteroatoms. The normalized spacial score (nSPS) is 10.5. The van der Waals surface area contributed by atoms with Gasteiger partial charge in [-0.05, 0) is 37.5 Å². The van der Waals surface area contributed by atoms with Gasteiger partial charge < -0.3 is 4.84 Å². The zero-order valence-corrected chi connectivity index (χ0v) is 8.77. The molecule has 13 heavy (non-hydrogen) atoms. The number of rotatable bonds is 3. The monoisotopic (exact) mass is 179 g/mol. The summed E-state index contributed by atoms with van der Waals surface area (Å²) in [5.74, 6) is 0. The second-order valence-electron chi connectivity index (χ2n) is 3.40. The number of benzene rings is 1. The third kappa shape index (κ3) is 2.54. The molecular weight excluding hydrogens is 162 g/mol. The molecule has 1 aromatic rings. The summed E-state index contributed by atoms with van der Waals surface area (Å²) < 4.78 is 0. The molecule has 0 radical (unpaired) electrons. The van der Waals surface area contributed by atoms with Gasteiger partial charge >= 0.3 is 0 Å². The number of nitrogens with one attached hydrogen (secondary N) is 1. The van der Waals surface area contributed by atoms with Gasteiger partial charge in [-0.2, -0.15) is 5.48 Å². The van der Waals surface area contributed by atoms with Crippen LogP contribution in [0.1, 0.15) is 22.3 Å². The highest BCUT2D eigenvalue weighted by Gasteiger charge is 2.02. The number of hydrogen-bond acceptors (Lipinski definition) is 2. The van der Waals surface area contributed by atoms with Gasteiger partial charge in [0, 0.05) is 6.54 Å². The van der Waals surface area contributed by atoms with Crippen molar-refractivity contribution in [2.24, 2.45) is 0 Å². The predicted molar refractivity (Wildman–Crippen MR) is 54.5 cm³/mol. The van der Waals surface area contributed by atoms with Crippen LogP contribution >= 0.6 is 0 Å². The maximum atomic E-state index is 4.84. The van der Waals surface area contributed by atoms with E-state index in [0.29, 0.717) is 0 Å². The molecule has 2 nitrogen and oxygen atoms in total. The predicted octanol–water partition coefficient (Wildman–Crippen LogP) is 2.26. The number of aryl methyl sites for hydroxylation is 3. The Morgan fingerprint density at radius 2 is 1.69 bits per heavy atom. The van der Waals surface area contributed by atoms with E-state index in [1.165, 1.54) is 22.3 Å². The fourth-order valence-electron chi connectivity index (χ4n) is 1.63. The Morgan fingerprint density at radius 3 is 2.15 bits per heavy atom. The van der Waals surface area contributed by atoms with Crippen molar-refractivity contribution in [2.45, 2.75) is 27.3 Å². The molecule has 0 aromatic heterocycles. The van der Waals surface area contributed by atoms with Gasteiger partial charge in [-0.15, -0.1) is 0 Å². The van der Waals surface area contributed by atoms with Crippen LogP contribution in [-0.2, 0) is 11.4 Å². The fourth-order valence-corrected chi connectivity index (χ4v) is 1.63. The summed E-state index contributed by atoms with van der Waals surface area (Å²) in [6, 6.07) is 4.39. The van der Waals surface area contributed by atoms with Gasteiger partial charge in [-0.25, -0.2) is 0 Å². The van der Waals surface area contributed by atoms with Crippen LogP contribution in [0.15, 0.2) is 12.1 Å². The zero-order chi connectivity index (χ0) is 9.84. The Morgan fingerprint density at radius 1 is 1.15 bits per heavy atom. The smallest absolute Gasteiger partial charge is 0.0572 e. The lowest BCUT2D eigenvalue weighted by Gasteiger charge is -2.10. The van der Waals surface area contributed by atoms with E-state index in [4.69, 9.17) is 4.84 Å². The van der Waals surface area contributed by atoms with Crippen molar-refractivity contribution in [3.63, 3.8) is 0 Å². The molecule has 0 aliphatic carbocycles. The third-order valence-corrected chi connectivity index (χ3v) is 2.23. The van der Waals surface area contributed by atoms with Crippen LogP contribution in [0.4, 0.5) is 0 Å². The van der Waals surface area contributed by atoms with E-state index in [0.717, 1.165) is 6.54 Å². The van der Waals surface area contributed by atoms with Crippen LogP contribution < -0.4 is 5.48 Å². The molecular formula is C11H17NO. The Kier molecular flexibility index (Phi) is 3.46. The van der Waals surface area contributed by atoms with E-state index in [1.807, 2.05) is 0 Å². The first-order chi connectivity index (χ1) is 6.15. The van der Waals surface area contributed by atoms with Crippen molar-refractivity contribution in [1.29, 1.82) is 0 Å². The molecule has 0 saturated carbocycles. The van der Waals surface area contributed by atoms with E-state index >= 15 is 0 Å². The highest BCUT2D eigenvalue weighted by Crippen LogP contribution is 2.15. The van der Waals surface area contributed by atoms with Gasteiger partial charge in [-0.1, -0.05) is 17.7 Å². The lowest BCUT2D eigenvalue weighted by atomic mass is 10.0. The minimum atomic E-state index is 0.772. The number of hydroxylamine groups is 1. The summed E-state index contributed by atoms with van der Waals surface area (Å²) in [4.78, 5) is 4.84. The molecule has 0 unspecified atom stereocenters. The van der Waals surface area contributed by atoms with Crippen LogP contribution in [0.25, 0.3) is 0 Å². The molecule has 0 atom stereocenters. The maximum absolute atomic E-state index is 4.84.